The number of fused-ring (bicyclic) bond motifs is 1. The van der Waals surface area contributed by atoms with Crippen molar-refractivity contribution < 1.29 is 9.18 Å². The number of halogens is 1. The van der Waals surface area contributed by atoms with Crippen LogP contribution in [0.3, 0.4) is 0 Å². The fourth-order valence-electron chi connectivity index (χ4n) is 3.61. The summed E-state index contributed by atoms with van der Waals surface area (Å²) in [7, 11) is 0. The van der Waals surface area contributed by atoms with Crippen LogP contribution in [-0.4, -0.2) is 20.7 Å². The summed E-state index contributed by atoms with van der Waals surface area (Å²) in [6.07, 6.45) is 2.09. The number of aryl methyl sites for hydroxylation is 1. The molecule has 0 spiro atoms. The lowest BCUT2D eigenvalue weighted by atomic mass is 10.0. The molecule has 158 valence electrons. The first-order valence-electron chi connectivity index (χ1n) is 10.2. The van der Waals surface area contributed by atoms with E-state index in [-0.39, 0.29) is 12.0 Å². The van der Waals surface area contributed by atoms with Crippen molar-refractivity contribution in [2.75, 3.05) is 10.6 Å². The lowest BCUT2D eigenvalue weighted by Gasteiger charge is -2.24. The maximum absolute atomic E-state index is 13.2. The molecule has 0 saturated carbocycles. The van der Waals surface area contributed by atoms with E-state index in [9.17, 15) is 9.18 Å². The number of benzene rings is 3. The van der Waals surface area contributed by atoms with Crippen LogP contribution in [0.4, 0.5) is 16.3 Å². The molecule has 3 aromatic carbocycles. The minimum absolute atomic E-state index is 0.168. The van der Waals surface area contributed by atoms with Gasteiger partial charge < -0.3 is 5.32 Å². The molecule has 7 heteroatoms. The summed E-state index contributed by atoms with van der Waals surface area (Å²) in [6, 6.07) is 23.3. The highest BCUT2D eigenvalue weighted by Gasteiger charge is 2.26. The van der Waals surface area contributed by atoms with Crippen LogP contribution < -0.4 is 10.6 Å². The molecule has 2 heterocycles. The largest absolute Gasteiger partial charge is 0.324 e. The van der Waals surface area contributed by atoms with Crippen molar-refractivity contribution in [2.24, 2.45) is 0 Å². The summed E-state index contributed by atoms with van der Waals surface area (Å²) in [6.45, 7) is 2.04. The second-order valence-electron chi connectivity index (χ2n) is 7.59. The van der Waals surface area contributed by atoms with Gasteiger partial charge in [0, 0.05) is 11.3 Å². The highest BCUT2D eigenvalue weighted by Crippen LogP contribution is 2.33. The molecule has 1 atom stereocenters. The molecule has 6 nitrogen and oxygen atoms in total. The van der Waals surface area contributed by atoms with Crippen molar-refractivity contribution in [1.29, 1.82) is 0 Å². The molecule has 0 bridgehead atoms. The summed E-state index contributed by atoms with van der Waals surface area (Å²) < 4.78 is 14.9. The Balaban J connectivity index is 1.50. The van der Waals surface area contributed by atoms with Gasteiger partial charge in [0.25, 0.3) is 11.9 Å². The predicted octanol–water partition coefficient (Wildman–Crippen LogP) is 5.03. The van der Waals surface area contributed by atoms with E-state index < -0.39 is 11.7 Å². The number of nitrogens with one attached hydrogen (secondary N) is 2. The second kappa shape index (κ2) is 8.11. The number of rotatable bonds is 4. The van der Waals surface area contributed by atoms with Gasteiger partial charge in [-0.1, -0.05) is 60.2 Å². The van der Waals surface area contributed by atoms with E-state index in [0.29, 0.717) is 11.5 Å². The van der Waals surface area contributed by atoms with Crippen LogP contribution in [0.2, 0.25) is 0 Å². The minimum Gasteiger partial charge on any atom is -0.324 e. The van der Waals surface area contributed by atoms with Crippen LogP contribution in [0.1, 0.15) is 33.1 Å². The topological polar surface area (TPSA) is 71.8 Å². The molecule has 5 rings (SSSR count). The number of carbonyl (C=O) groups is 1. The maximum atomic E-state index is 13.2. The Hall–Kier alpha value is -4.26. The molecular weight excluding hydrogens is 405 g/mol. The summed E-state index contributed by atoms with van der Waals surface area (Å²) >= 11 is 0. The standard InChI is InChI=1S/C25H20FN5O/c1-16-7-9-18(10-8-16)22-15-21(17-5-3-2-4-6-17)27-25-29-24(30-31(22)25)28-23(32)19-11-13-20(26)14-12-19/h2-15,22H,1H3,(H2,27,28,29,30,32)/t22-/m1/s1. The normalized spacial score (nSPS) is 14.8. The fourth-order valence-corrected chi connectivity index (χ4v) is 3.61. The molecule has 1 aliphatic heterocycles. The SMILES string of the molecule is Cc1ccc([C@H]2C=C(c3ccccc3)Nc3nc(NC(=O)c4ccc(F)cc4)nn32)cc1. The Kier molecular flexibility index (Phi) is 4.99. The van der Waals surface area contributed by atoms with Gasteiger partial charge in [0.05, 0.1) is 0 Å². The Bertz CT molecular complexity index is 1290. The van der Waals surface area contributed by atoms with Gasteiger partial charge in [0.1, 0.15) is 11.9 Å². The molecular formula is C25H20FN5O. The van der Waals surface area contributed by atoms with E-state index in [2.05, 4.69) is 51.1 Å². The van der Waals surface area contributed by atoms with Gasteiger partial charge in [0.15, 0.2) is 0 Å². The zero-order valence-electron chi connectivity index (χ0n) is 17.3. The van der Waals surface area contributed by atoms with Crippen LogP contribution in [0, 0.1) is 12.7 Å². The van der Waals surface area contributed by atoms with Gasteiger partial charge in [-0.05, 0) is 48.4 Å². The number of amides is 1. The number of hydrogen-bond donors (Lipinski definition) is 2. The van der Waals surface area contributed by atoms with Crippen LogP contribution >= 0.6 is 0 Å². The zero-order chi connectivity index (χ0) is 22.1. The molecule has 0 fully saturated rings. The number of aromatic nitrogens is 3. The zero-order valence-corrected chi connectivity index (χ0v) is 17.3. The molecule has 0 saturated heterocycles. The number of hydrogen-bond acceptors (Lipinski definition) is 4. The number of allylic oxidation sites excluding steroid dienone is 1. The van der Waals surface area contributed by atoms with Crippen LogP contribution in [-0.2, 0) is 0 Å². The lowest BCUT2D eigenvalue weighted by Crippen LogP contribution is -2.20. The van der Waals surface area contributed by atoms with E-state index in [1.165, 1.54) is 29.8 Å². The van der Waals surface area contributed by atoms with E-state index in [0.717, 1.165) is 16.8 Å². The maximum Gasteiger partial charge on any atom is 0.258 e. The molecule has 32 heavy (non-hydrogen) atoms. The predicted molar refractivity (Wildman–Crippen MR) is 122 cm³/mol. The van der Waals surface area contributed by atoms with Gasteiger partial charge >= 0.3 is 0 Å². The number of carbonyl (C=O) groups excluding carboxylic acids is 1. The lowest BCUT2D eigenvalue weighted by molar-refractivity contribution is 0.102. The third-order valence-corrected chi connectivity index (χ3v) is 5.30. The van der Waals surface area contributed by atoms with Gasteiger partial charge in [0.2, 0.25) is 5.95 Å². The summed E-state index contributed by atoms with van der Waals surface area (Å²) in [5, 5.41) is 10.6. The van der Waals surface area contributed by atoms with Crippen LogP contribution in [0.5, 0.6) is 0 Å². The van der Waals surface area contributed by atoms with Crippen molar-refractivity contribution >= 4 is 23.5 Å². The summed E-state index contributed by atoms with van der Waals surface area (Å²) in [4.78, 5) is 17.1. The first-order chi connectivity index (χ1) is 15.6. The van der Waals surface area contributed by atoms with Gasteiger partial charge in [-0.3, -0.25) is 10.1 Å². The molecule has 1 aliphatic rings. The van der Waals surface area contributed by atoms with E-state index >= 15 is 0 Å². The van der Waals surface area contributed by atoms with Crippen molar-refractivity contribution in [2.45, 2.75) is 13.0 Å². The summed E-state index contributed by atoms with van der Waals surface area (Å²) in [5.41, 5.74) is 4.47. The summed E-state index contributed by atoms with van der Waals surface area (Å²) in [5.74, 6) is -0.120. The van der Waals surface area contributed by atoms with Crippen molar-refractivity contribution in [3.63, 3.8) is 0 Å². The monoisotopic (exact) mass is 425 g/mol. The van der Waals surface area contributed by atoms with Crippen molar-refractivity contribution in [3.8, 4) is 0 Å². The first kappa shape index (κ1) is 19.7. The first-order valence-corrected chi connectivity index (χ1v) is 10.2. The quantitative estimate of drug-likeness (QED) is 0.481. The van der Waals surface area contributed by atoms with Gasteiger partial charge in [-0.2, -0.15) is 4.98 Å². The van der Waals surface area contributed by atoms with Crippen LogP contribution in [0.15, 0.2) is 84.9 Å². The minimum atomic E-state index is -0.406. The molecule has 0 radical (unpaired) electrons. The Morgan fingerprint density at radius 1 is 1.00 bits per heavy atom. The highest BCUT2D eigenvalue weighted by atomic mass is 19.1. The molecule has 0 aliphatic carbocycles. The molecule has 1 amide bonds. The van der Waals surface area contributed by atoms with Gasteiger partial charge in [-0.15, -0.1) is 5.10 Å². The van der Waals surface area contributed by atoms with E-state index in [1.807, 2.05) is 37.3 Å². The Morgan fingerprint density at radius 2 is 1.72 bits per heavy atom. The molecule has 1 aromatic heterocycles. The van der Waals surface area contributed by atoms with Crippen molar-refractivity contribution in [1.82, 2.24) is 14.8 Å². The smallest absolute Gasteiger partial charge is 0.258 e. The third-order valence-electron chi connectivity index (χ3n) is 5.30. The second-order valence-corrected chi connectivity index (χ2v) is 7.59. The van der Waals surface area contributed by atoms with E-state index in [4.69, 9.17) is 0 Å². The van der Waals surface area contributed by atoms with E-state index in [1.54, 1.807) is 4.68 Å². The Morgan fingerprint density at radius 3 is 2.44 bits per heavy atom. The number of nitrogens with zero attached hydrogens (tertiary/aromatic N) is 3. The highest BCUT2D eigenvalue weighted by molar-refractivity contribution is 6.03. The fraction of sp³-hybridized carbons (Fsp3) is 0.0800. The van der Waals surface area contributed by atoms with Crippen molar-refractivity contribution in [3.05, 3.63) is 113 Å². The Labute approximate surface area is 184 Å². The average molecular weight is 425 g/mol. The van der Waals surface area contributed by atoms with Gasteiger partial charge in [-0.25, -0.2) is 9.07 Å². The molecule has 2 N–H and O–H groups in total. The molecule has 4 aromatic rings. The average Bonchev–Trinajstić information content (AvgIpc) is 3.22. The third kappa shape index (κ3) is 3.88. The number of anilines is 2. The molecule has 0 unspecified atom stereocenters. The van der Waals surface area contributed by atoms with Crippen LogP contribution in [0.25, 0.3) is 5.70 Å².